The molecule has 114 valence electrons. The summed E-state index contributed by atoms with van der Waals surface area (Å²) in [6.45, 7) is 13.5. The normalized spacial score (nSPS) is 14.4. The van der Waals surface area contributed by atoms with Gasteiger partial charge in [-0.25, -0.2) is 0 Å². The number of aryl methyl sites for hydroxylation is 2. The Morgan fingerprint density at radius 1 is 1.10 bits per heavy atom. The van der Waals surface area contributed by atoms with Crippen molar-refractivity contribution in [2.24, 2.45) is 5.92 Å². The largest absolute Gasteiger partial charge is 0.490 e. The van der Waals surface area contributed by atoms with Crippen molar-refractivity contribution in [1.82, 2.24) is 5.32 Å². The van der Waals surface area contributed by atoms with Gasteiger partial charge in [0.1, 0.15) is 18.5 Å². The Hall–Kier alpha value is -1.06. The summed E-state index contributed by atoms with van der Waals surface area (Å²) in [6, 6.07) is 4.55. The highest BCUT2D eigenvalue weighted by atomic mass is 16.5. The van der Waals surface area contributed by atoms with E-state index in [1.54, 1.807) is 0 Å². The van der Waals surface area contributed by atoms with E-state index in [1.165, 1.54) is 5.56 Å². The predicted molar refractivity (Wildman–Crippen MR) is 84.5 cm³/mol. The molecule has 0 bridgehead atoms. The van der Waals surface area contributed by atoms with Crippen LogP contribution in [0.3, 0.4) is 0 Å². The van der Waals surface area contributed by atoms with Crippen LogP contribution in [0.2, 0.25) is 0 Å². The third kappa shape index (κ3) is 4.80. The Morgan fingerprint density at radius 2 is 1.70 bits per heavy atom. The Labute approximate surface area is 123 Å². The van der Waals surface area contributed by atoms with Gasteiger partial charge in [-0.1, -0.05) is 26.0 Å². The fraction of sp³-hybridized carbons (Fsp3) is 0.647. The molecule has 0 amide bonds. The first-order chi connectivity index (χ1) is 9.32. The highest BCUT2D eigenvalue weighted by Gasteiger charge is 2.12. The number of nitrogens with one attached hydrogen (secondary N) is 1. The summed E-state index contributed by atoms with van der Waals surface area (Å²) in [4.78, 5) is 0. The van der Waals surface area contributed by atoms with Gasteiger partial charge in [0.15, 0.2) is 0 Å². The van der Waals surface area contributed by atoms with E-state index < -0.39 is 6.10 Å². The van der Waals surface area contributed by atoms with Crippen molar-refractivity contribution in [3.63, 3.8) is 0 Å². The molecule has 0 aromatic heterocycles. The number of aliphatic hydroxyl groups is 1. The van der Waals surface area contributed by atoms with E-state index in [-0.39, 0.29) is 0 Å². The number of hydrogen-bond acceptors (Lipinski definition) is 3. The van der Waals surface area contributed by atoms with Crippen molar-refractivity contribution < 1.29 is 9.84 Å². The summed E-state index contributed by atoms with van der Waals surface area (Å²) in [5.41, 5.74) is 3.48. The maximum Gasteiger partial charge on any atom is 0.125 e. The monoisotopic (exact) mass is 279 g/mol. The lowest BCUT2D eigenvalue weighted by Crippen LogP contribution is -2.39. The van der Waals surface area contributed by atoms with Gasteiger partial charge >= 0.3 is 0 Å². The number of rotatable bonds is 7. The van der Waals surface area contributed by atoms with Gasteiger partial charge in [0, 0.05) is 12.6 Å². The van der Waals surface area contributed by atoms with Crippen molar-refractivity contribution in [1.29, 1.82) is 0 Å². The van der Waals surface area contributed by atoms with E-state index in [1.807, 2.05) is 6.92 Å². The Morgan fingerprint density at radius 3 is 2.30 bits per heavy atom. The summed E-state index contributed by atoms with van der Waals surface area (Å²) in [6.07, 6.45) is -0.490. The molecular weight excluding hydrogens is 250 g/mol. The smallest absolute Gasteiger partial charge is 0.125 e. The van der Waals surface area contributed by atoms with Crippen LogP contribution in [0.15, 0.2) is 12.1 Å². The summed E-state index contributed by atoms with van der Waals surface area (Å²) in [7, 11) is 0. The zero-order chi connectivity index (χ0) is 15.3. The second kappa shape index (κ2) is 7.65. The maximum atomic E-state index is 10.0. The molecule has 0 aliphatic carbocycles. The summed E-state index contributed by atoms with van der Waals surface area (Å²) >= 11 is 0. The van der Waals surface area contributed by atoms with Crippen LogP contribution in [0.5, 0.6) is 5.75 Å². The molecule has 1 aromatic rings. The van der Waals surface area contributed by atoms with Gasteiger partial charge in [0.2, 0.25) is 0 Å². The van der Waals surface area contributed by atoms with Gasteiger partial charge in [0.05, 0.1) is 0 Å². The molecule has 0 aliphatic heterocycles. The molecule has 0 radical (unpaired) electrons. The molecule has 0 saturated carbocycles. The predicted octanol–water partition coefficient (Wildman–Crippen LogP) is 2.99. The fourth-order valence-electron chi connectivity index (χ4n) is 1.94. The minimum atomic E-state index is -0.490. The summed E-state index contributed by atoms with van der Waals surface area (Å²) < 4.78 is 5.81. The second-order valence-electron chi connectivity index (χ2n) is 6.06. The van der Waals surface area contributed by atoms with E-state index in [9.17, 15) is 5.11 Å². The van der Waals surface area contributed by atoms with Crippen LogP contribution in [0, 0.1) is 26.7 Å². The molecule has 1 aromatic carbocycles. The molecule has 0 saturated heterocycles. The summed E-state index contributed by atoms with van der Waals surface area (Å²) in [5.74, 6) is 1.46. The SMILES string of the molecule is Cc1ccc(C)c(OC[C@H](O)CN[C@@H](C)C(C)C)c1C. The molecule has 1 rings (SSSR count). The lowest BCUT2D eigenvalue weighted by atomic mass is 10.1. The molecule has 20 heavy (non-hydrogen) atoms. The third-order valence-electron chi connectivity index (χ3n) is 3.97. The fourth-order valence-corrected chi connectivity index (χ4v) is 1.94. The molecule has 0 unspecified atom stereocenters. The topological polar surface area (TPSA) is 41.5 Å². The quantitative estimate of drug-likeness (QED) is 0.806. The van der Waals surface area contributed by atoms with Gasteiger partial charge in [-0.05, 0) is 50.3 Å². The molecule has 0 fully saturated rings. The van der Waals surface area contributed by atoms with Crippen LogP contribution in [0.1, 0.15) is 37.5 Å². The van der Waals surface area contributed by atoms with Crippen molar-refractivity contribution in [3.8, 4) is 5.75 Å². The minimum absolute atomic E-state index is 0.322. The highest BCUT2D eigenvalue weighted by molar-refractivity contribution is 5.44. The average molecular weight is 279 g/mol. The van der Waals surface area contributed by atoms with Crippen LogP contribution in [-0.4, -0.2) is 30.4 Å². The Kier molecular flexibility index (Phi) is 6.50. The van der Waals surface area contributed by atoms with Crippen LogP contribution in [0.4, 0.5) is 0 Å². The first kappa shape index (κ1) is 17.0. The Balaban J connectivity index is 2.49. The van der Waals surface area contributed by atoms with Crippen molar-refractivity contribution in [3.05, 3.63) is 28.8 Å². The van der Waals surface area contributed by atoms with E-state index >= 15 is 0 Å². The summed E-state index contributed by atoms with van der Waals surface area (Å²) in [5, 5.41) is 13.3. The van der Waals surface area contributed by atoms with E-state index in [0.717, 1.165) is 16.9 Å². The molecule has 3 heteroatoms. The van der Waals surface area contributed by atoms with Crippen LogP contribution < -0.4 is 10.1 Å². The van der Waals surface area contributed by atoms with Crippen molar-refractivity contribution >= 4 is 0 Å². The minimum Gasteiger partial charge on any atom is -0.490 e. The average Bonchev–Trinajstić information content (AvgIpc) is 2.40. The van der Waals surface area contributed by atoms with Crippen LogP contribution >= 0.6 is 0 Å². The second-order valence-corrected chi connectivity index (χ2v) is 6.06. The highest BCUT2D eigenvalue weighted by Crippen LogP contribution is 2.25. The number of aliphatic hydroxyl groups excluding tert-OH is 1. The molecule has 2 N–H and O–H groups in total. The Bertz CT molecular complexity index is 429. The standard InChI is InChI=1S/C17H29NO2/c1-11(2)15(6)18-9-16(19)10-20-17-13(4)8-7-12(3)14(17)5/h7-8,11,15-16,18-19H,9-10H2,1-6H3/t15-,16+/m0/s1. The maximum absolute atomic E-state index is 10.0. The third-order valence-corrected chi connectivity index (χ3v) is 3.97. The van der Waals surface area contributed by atoms with Gasteiger partial charge < -0.3 is 15.2 Å². The molecule has 0 spiro atoms. The zero-order valence-electron chi connectivity index (χ0n) is 13.7. The van der Waals surface area contributed by atoms with Crippen LogP contribution in [-0.2, 0) is 0 Å². The number of ether oxygens (including phenoxy) is 1. The molecule has 3 nitrogen and oxygen atoms in total. The van der Waals surface area contributed by atoms with E-state index in [2.05, 4.69) is 52.1 Å². The number of hydrogen-bond donors (Lipinski definition) is 2. The van der Waals surface area contributed by atoms with Crippen molar-refractivity contribution in [2.75, 3.05) is 13.2 Å². The molecule has 2 atom stereocenters. The van der Waals surface area contributed by atoms with Gasteiger partial charge in [-0.3, -0.25) is 0 Å². The van der Waals surface area contributed by atoms with E-state index in [4.69, 9.17) is 4.74 Å². The van der Waals surface area contributed by atoms with E-state index in [0.29, 0.717) is 25.1 Å². The van der Waals surface area contributed by atoms with Gasteiger partial charge in [-0.2, -0.15) is 0 Å². The molecule has 0 heterocycles. The van der Waals surface area contributed by atoms with Gasteiger partial charge in [-0.15, -0.1) is 0 Å². The lowest BCUT2D eigenvalue weighted by molar-refractivity contribution is 0.102. The molecule has 0 aliphatic rings. The van der Waals surface area contributed by atoms with Gasteiger partial charge in [0.25, 0.3) is 0 Å². The van der Waals surface area contributed by atoms with Crippen LogP contribution in [0.25, 0.3) is 0 Å². The first-order valence-electron chi connectivity index (χ1n) is 7.44. The lowest BCUT2D eigenvalue weighted by Gasteiger charge is -2.21. The first-order valence-corrected chi connectivity index (χ1v) is 7.44. The van der Waals surface area contributed by atoms with Crippen molar-refractivity contribution in [2.45, 2.75) is 53.7 Å². The zero-order valence-corrected chi connectivity index (χ0v) is 13.7. The number of benzene rings is 1. The molecular formula is C17H29NO2.